The van der Waals surface area contributed by atoms with Crippen LogP contribution in [0.5, 0.6) is 0 Å². The lowest BCUT2D eigenvalue weighted by Gasteiger charge is -2.18. The van der Waals surface area contributed by atoms with E-state index in [2.05, 4.69) is 51.8 Å². The number of aryl methyl sites for hydroxylation is 1. The van der Waals surface area contributed by atoms with E-state index in [-0.39, 0.29) is 10.9 Å². The summed E-state index contributed by atoms with van der Waals surface area (Å²) in [6.45, 7) is 5.59. The predicted octanol–water partition coefficient (Wildman–Crippen LogP) is 4.31. The van der Waals surface area contributed by atoms with Crippen molar-refractivity contribution in [2.24, 2.45) is 0 Å². The molecule has 0 aliphatic rings. The maximum absolute atomic E-state index is 12.4. The van der Waals surface area contributed by atoms with E-state index in [1.54, 1.807) is 12.1 Å². The van der Waals surface area contributed by atoms with Crippen LogP contribution >= 0.6 is 15.9 Å². The van der Waals surface area contributed by atoms with Crippen molar-refractivity contribution in [3.05, 3.63) is 58.3 Å². The van der Waals surface area contributed by atoms with Crippen LogP contribution in [0.4, 0.5) is 0 Å². The summed E-state index contributed by atoms with van der Waals surface area (Å²) in [6, 6.07) is 13.7. The molecule has 8 heteroatoms. The molecule has 0 amide bonds. The molecule has 3 rings (SSSR count). The van der Waals surface area contributed by atoms with Gasteiger partial charge in [0.15, 0.2) is 0 Å². The topological polar surface area (TPSA) is 67.2 Å². The summed E-state index contributed by atoms with van der Waals surface area (Å²) in [5, 5.41) is 3.60. The maximum atomic E-state index is 12.4. The van der Waals surface area contributed by atoms with E-state index in [1.165, 1.54) is 24.0 Å². The fourth-order valence-electron chi connectivity index (χ4n) is 3.43. The number of fused-ring (bicyclic) bond motifs is 1. The third-order valence-corrected chi connectivity index (χ3v) is 7.42. The Bertz CT molecular complexity index is 1090. The summed E-state index contributed by atoms with van der Waals surface area (Å²) in [5.74, 6) is 0.900. The van der Waals surface area contributed by atoms with Crippen molar-refractivity contribution < 1.29 is 8.42 Å². The van der Waals surface area contributed by atoms with Crippen LogP contribution in [-0.4, -0.2) is 36.4 Å². The molecule has 0 aliphatic carbocycles. The minimum Gasteiger partial charge on any atom is -0.327 e. The number of nitrogens with zero attached hydrogens (tertiary/aromatic N) is 3. The monoisotopic (exact) mass is 478 g/mol. The average Bonchev–Trinajstić information content (AvgIpc) is 3.06. The molecule has 1 atom stereocenters. The van der Waals surface area contributed by atoms with Gasteiger partial charge in [0.05, 0.1) is 22.5 Å². The van der Waals surface area contributed by atoms with E-state index in [0.717, 1.165) is 28.8 Å². The standard InChI is InChI=1S/C21H27BrN4O2S/c1-5-18(15-7-9-16(22)10-8-15)23-14-21-24-19-13-17(29(27,28)25(3)4)11-12-20(19)26(21)6-2/h7-13,18,23H,5-6,14H2,1-4H3. The summed E-state index contributed by atoms with van der Waals surface area (Å²) in [6.07, 6.45) is 0.958. The second-order valence-corrected chi connectivity index (χ2v) is 10.2. The molecule has 29 heavy (non-hydrogen) atoms. The van der Waals surface area contributed by atoms with Gasteiger partial charge in [-0.05, 0) is 49.2 Å². The van der Waals surface area contributed by atoms with Crippen molar-refractivity contribution in [2.75, 3.05) is 14.1 Å². The Labute approximate surface area is 181 Å². The van der Waals surface area contributed by atoms with Crippen LogP contribution in [0.25, 0.3) is 11.0 Å². The third-order valence-electron chi connectivity index (χ3n) is 5.08. The van der Waals surface area contributed by atoms with Gasteiger partial charge in [0.2, 0.25) is 10.0 Å². The first kappa shape index (κ1) is 22.0. The summed E-state index contributed by atoms with van der Waals surface area (Å²) >= 11 is 3.48. The molecule has 0 fully saturated rings. The fraction of sp³-hybridized carbons (Fsp3) is 0.381. The van der Waals surface area contributed by atoms with E-state index in [0.29, 0.717) is 12.1 Å². The summed E-state index contributed by atoms with van der Waals surface area (Å²) in [5.41, 5.74) is 2.87. The highest BCUT2D eigenvalue weighted by Gasteiger charge is 2.20. The Balaban J connectivity index is 1.89. The van der Waals surface area contributed by atoms with Gasteiger partial charge in [0.25, 0.3) is 0 Å². The number of hydrogen-bond donors (Lipinski definition) is 1. The minimum atomic E-state index is -3.48. The van der Waals surface area contributed by atoms with E-state index in [1.807, 2.05) is 18.2 Å². The second kappa shape index (κ2) is 8.95. The van der Waals surface area contributed by atoms with Gasteiger partial charge in [-0.25, -0.2) is 17.7 Å². The Hall–Kier alpha value is -1.74. The summed E-state index contributed by atoms with van der Waals surface area (Å²) in [4.78, 5) is 5.00. The van der Waals surface area contributed by atoms with Crippen molar-refractivity contribution in [3.63, 3.8) is 0 Å². The molecule has 0 aliphatic heterocycles. The third kappa shape index (κ3) is 4.55. The fourth-order valence-corrected chi connectivity index (χ4v) is 4.61. The predicted molar refractivity (Wildman–Crippen MR) is 120 cm³/mol. The number of aromatic nitrogens is 2. The summed E-state index contributed by atoms with van der Waals surface area (Å²) < 4.78 is 29.3. The lowest BCUT2D eigenvalue weighted by atomic mass is 10.0. The molecule has 0 saturated heterocycles. The number of imidazole rings is 1. The number of hydrogen-bond acceptors (Lipinski definition) is 4. The van der Waals surface area contributed by atoms with Crippen LogP contribution in [0.3, 0.4) is 0 Å². The van der Waals surface area contributed by atoms with E-state index < -0.39 is 10.0 Å². The number of halogens is 1. The number of nitrogens with one attached hydrogen (secondary N) is 1. The maximum Gasteiger partial charge on any atom is 0.242 e. The zero-order valence-electron chi connectivity index (χ0n) is 17.2. The molecule has 3 aromatic rings. The Morgan fingerprint density at radius 1 is 1.14 bits per heavy atom. The molecule has 0 bridgehead atoms. The van der Waals surface area contributed by atoms with Gasteiger partial charge in [-0.1, -0.05) is 35.0 Å². The van der Waals surface area contributed by atoms with Crippen molar-refractivity contribution in [1.29, 1.82) is 0 Å². The minimum absolute atomic E-state index is 0.220. The zero-order valence-corrected chi connectivity index (χ0v) is 19.6. The first-order valence-corrected chi connectivity index (χ1v) is 11.9. The van der Waals surface area contributed by atoms with Gasteiger partial charge < -0.3 is 9.88 Å². The molecular formula is C21H27BrN4O2S. The molecule has 6 nitrogen and oxygen atoms in total. The van der Waals surface area contributed by atoms with Crippen molar-refractivity contribution >= 4 is 37.0 Å². The molecule has 1 unspecified atom stereocenters. The highest BCUT2D eigenvalue weighted by molar-refractivity contribution is 9.10. The van der Waals surface area contributed by atoms with Gasteiger partial charge in [-0.3, -0.25) is 0 Å². The average molecular weight is 479 g/mol. The normalized spacial score (nSPS) is 13.3. The van der Waals surface area contributed by atoms with Crippen LogP contribution in [0.1, 0.15) is 37.7 Å². The van der Waals surface area contributed by atoms with Crippen molar-refractivity contribution in [3.8, 4) is 0 Å². The quantitative estimate of drug-likeness (QED) is 0.523. The van der Waals surface area contributed by atoms with Crippen LogP contribution < -0.4 is 5.32 Å². The van der Waals surface area contributed by atoms with Gasteiger partial charge in [0, 0.05) is 31.2 Å². The number of sulfonamides is 1. The van der Waals surface area contributed by atoms with Gasteiger partial charge in [0.1, 0.15) is 5.82 Å². The van der Waals surface area contributed by atoms with Crippen molar-refractivity contribution in [1.82, 2.24) is 19.2 Å². The van der Waals surface area contributed by atoms with Crippen LogP contribution in [0.2, 0.25) is 0 Å². The first-order valence-electron chi connectivity index (χ1n) is 9.68. The smallest absolute Gasteiger partial charge is 0.242 e. The second-order valence-electron chi connectivity index (χ2n) is 7.10. The number of rotatable bonds is 8. The molecule has 0 radical (unpaired) electrons. The molecule has 2 aromatic carbocycles. The van der Waals surface area contributed by atoms with Crippen molar-refractivity contribution in [2.45, 2.75) is 44.3 Å². The highest BCUT2D eigenvalue weighted by atomic mass is 79.9. The van der Waals surface area contributed by atoms with Gasteiger partial charge in [-0.2, -0.15) is 0 Å². The Kier molecular flexibility index (Phi) is 6.78. The van der Waals surface area contributed by atoms with E-state index in [4.69, 9.17) is 4.98 Å². The SMILES string of the molecule is CCC(NCc1nc2cc(S(=O)(=O)N(C)C)ccc2n1CC)c1ccc(Br)cc1. The van der Waals surface area contributed by atoms with E-state index in [9.17, 15) is 8.42 Å². The molecule has 0 saturated carbocycles. The molecule has 1 heterocycles. The van der Waals surface area contributed by atoms with Crippen LogP contribution in [0.15, 0.2) is 51.8 Å². The molecular weight excluding hydrogens is 452 g/mol. The molecule has 0 spiro atoms. The Morgan fingerprint density at radius 2 is 1.83 bits per heavy atom. The molecule has 1 N–H and O–H groups in total. The molecule has 156 valence electrons. The van der Waals surface area contributed by atoms with Crippen LogP contribution in [-0.2, 0) is 23.1 Å². The van der Waals surface area contributed by atoms with E-state index >= 15 is 0 Å². The first-order chi connectivity index (χ1) is 13.8. The Morgan fingerprint density at radius 3 is 2.41 bits per heavy atom. The lowest BCUT2D eigenvalue weighted by molar-refractivity contribution is 0.499. The van der Waals surface area contributed by atoms with Gasteiger partial charge in [-0.15, -0.1) is 0 Å². The van der Waals surface area contributed by atoms with Gasteiger partial charge >= 0.3 is 0 Å². The lowest BCUT2D eigenvalue weighted by Crippen LogP contribution is -2.22. The zero-order chi connectivity index (χ0) is 21.2. The largest absolute Gasteiger partial charge is 0.327 e. The highest BCUT2D eigenvalue weighted by Crippen LogP contribution is 2.24. The summed E-state index contributed by atoms with van der Waals surface area (Å²) in [7, 11) is -0.415. The van der Waals surface area contributed by atoms with Crippen LogP contribution in [0, 0.1) is 0 Å². The number of benzene rings is 2. The molecule has 1 aromatic heterocycles.